The highest BCUT2D eigenvalue weighted by atomic mass is 16.7. The zero-order chi connectivity index (χ0) is 19.6. The van der Waals surface area contributed by atoms with Crippen molar-refractivity contribution < 1.29 is 28.6 Å². The zero-order valence-corrected chi connectivity index (χ0v) is 15.5. The Kier molecular flexibility index (Phi) is 5.18. The van der Waals surface area contributed by atoms with Crippen LogP contribution in [0.3, 0.4) is 0 Å². The van der Waals surface area contributed by atoms with Crippen molar-refractivity contribution in [3.63, 3.8) is 0 Å². The molecule has 1 amide bonds. The highest BCUT2D eigenvalue weighted by Crippen LogP contribution is 2.30. The number of carbonyl (C=O) groups excluding carboxylic acids is 3. The maximum Gasteiger partial charge on any atom is 0.350 e. The molecule has 0 atom stereocenters. The van der Waals surface area contributed by atoms with Crippen molar-refractivity contribution in [2.75, 3.05) is 30.5 Å². The molecule has 8 heteroatoms. The summed E-state index contributed by atoms with van der Waals surface area (Å²) in [6.07, 6.45) is 3.01. The summed E-state index contributed by atoms with van der Waals surface area (Å²) in [4.78, 5) is 37.9. The minimum absolute atomic E-state index is 0.00855. The van der Waals surface area contributed by atoms with Gasteiger partial charge in [0.25, 0.3) is 11.7 Å². The summed E-state index contributed by atoms with van der Waals surface area (Å²) < 4.78 is 15.1. The van der Waals surface area contributed by atoms with Gasteiger partial charge in [-0.15, -0.1) is 0 Å². The molecule has 1 aromatic carbocycles. The normalized spacial score (nSPS) is 18.3. The second-order valence-corrected chi connectivity index (χ2v) is 6.81. The second-order valence-electron chi connectivity index (χ2n) is 6.81. The van der Waals surface area contributed by atoms with Crippen molar-refractivity contribution in [3.05, 3.63) is 35.5 Å². The number of methoxy groups -OCH3 is 1. The number of carbonyl (C=O) groups is 3. The Bertz CT molecular complexity index is 792. The fraction of sp³-hybridized carbons (Fsp3) is 0.421. The molecule has 0 radical (unpaired) electrons. The van der Waals surface area contributed by atoms with Crippen molar-refractivity contribution in [2.24, 2.45) is 0 Å². The molecule has 27 heavy (non-hydrogen) atoms. The number of benzene rings is 1. The Morgan fingerprint density at radius 3 is 2.67 bits per heavy atom. The molecular formula is C19H22N2O6. The number of ether oxygens (including phenoxy) is 3. The quantitative estimate of drug-likeness (QED) is 0.487. The number of rotatable bonds is 4. The molecule has 8 nitrogen and oxygen atoms in total. The van der Waals surface area contributed by atoms with Crippen molar-refractivity contribution in [3.8, 4) is 0 Å². The van der Waals surface area contributed by atoms with E-state index < -0.39 is 17.7 Å². The number of amides is 1. The third kappa shape index (κ3) is 4.11. The maximum absolute atomic E-state index is 12.3. The van der Waals surface area contributed by atoms with Crippen molar-refractivity contribution >= 4 is 29.2 Å². The third-order valence-corrected chi connectivity index (χ3v) is 4.27. The molecule has 3 rings (SSSR count). The van der Waals surface area contributed by atoms with Crippen LogP contribution in [0.15, 0.2) is 30.0 Å². The smallest absolute Gasteiger partial charge is 0.350 e. The number of aryl methyl sites for hydroxylation is 1. The standard InChI is InChI=1S/C19H22N2O6/c1-19(2)26-17(23)14(18(24)27-19)10-20-13-7-6-12-5-4-8-21(15(12)9-13)16(22)11-25-3/h6-7,9-10,20H,4-5,8,11H2,1-3H3. The van der Waals surface area contributed by atoms with E-state index in [1.54, 1.807) is 4.90 Å². The van der Waals surface area contributed by atoms with Gasteiger partial charge < -0.3 is 24.4 Å². The van der Waals surface area contributed by atoms with Gasteiger partial charge in [0.2, 0.25) is 0 Å². The van der Waals surface area contributed by atoms with Gasteiger partial charge in [-0.1, -0.05) is 6.07 Å². The first-order chi connectivity index (χ1) is 12.8. The van der Waals surface area contributed by atoms with Crippen LogP contribution in [0.4, 0.5) is 11.4 Å². The van der Waals surface area contributed by atoms with Crippen LogP contribution in [-0.2, 0) is 35.0 Å². The van der Waals surface area contributed by atoms with Crippen molar-refractivity contribution in [1.82, 2.24) is 0 Å². The van der Waals surface area contributed by atoms with Gasteiger partial charge in [0, 0.05) is 45.1 Å². The molecule has 0 aliphatic carbocycles. The fourth-order valence-corrected chi connectivity index (χ4v) is 3.06. The molecule has 0 spiro atoms. The van der Waals surface area contributed by atoms with Crippen LogP contribution in [0.25, 0.3) is 0 Å². The highest BCUT2D eigenvalue weighted by molar-refractivity contribution is 6.15. The van der Waals surface area contributed by atoms with Crippen LogP contribution in [0.5, 0.6) is 0 Å². The lowest BCUT2D eigenvalue weighted by Gasteiger charge is -2.30. The molecule has 2 heterocycles. The molecule has 144 valence electrons. The van der Waals surface area contributed by atoms with E-state index in [0.29, 0.717) is 12.2 Å². The fourth-order valence-electron chi connectivity index (χ4n) is 3.06. The Labute approximate surface area is 157 Å². The van der Waals surface area contributed by atoms with Crippen molar-refractivity contribution in [1.29, 1.82) is 0 Å². The molecule has 0 saturated carbocycles. The minimum Gasteiger partial charge on any atom is -0.419 e. The number of anilines is 2. The summed E-state index contributed by atoms with van der Waals surface area (Å²) >= 11 is 0. The average molecular weight is 374 g/mol. The summed E-state index contributed by atoms with van der Waals surface area (Å²) in [5.74, 6) is -2.90. The van der Waals surface area contributed by atoms with Gasteiger partial charge in [0.1, 0.15) is 6.61 Å². The number of cyclic esters (lactones) is 2. The molecule has 1 aromatic rings. The molecule has 2 aliphatic rings. The van der Waals surface area contributed by atoms with E-state index in [1.165, 1.54) is 27.2 Å². The first-order valence-electron chi connectivity index (χ1n) is 8.66. The van der Waals surface area contributed by atoms with E-state index >= 15 is 0 Å². The van der Waals surface area contributed by atoms with E-state index in [1.807, 2.05) is 18.2 Å². The lowest BCUT2D eigenvalue weighted by Crippen LogP contribution is -2.42. The third-order valence-electron chi connectivity index (χ3n) is 4.27. The lowest BCUT2D eigenvalue weighted by atomic mass is 10.0. The van der Waals surface area contributed by atoms with Crippen molar-refractivity contribution in [2.45, 2.75) is 32.5 Å². The van der Waals surface area contributed by atoms with E-state index in [4.69, 9.17) is 14.2 Å². The van der Waals surface area contributed by atoms with E-state index in [0.717, 1.165) is 24.1 Å². The van der Waals surface area contributed by atoms with Gasteiger partial charge >= 0.3 is 11.9 Å². The highest BCUT2D eigenvalue weighted by Gasteiger charge is 2.39. The molecule has 0 unspecified atom stereocenters. The Morgan fingerprint density at radius 2 is 2.00 bits per heavy atom. The monoisotopic (exact) mass is 374 g/mol. The molecule has 1 N–H and O–H groups in total. The van der Waals surface area contributed by atoms with Crippen LogP contribution < -0.4 is 10.2 Å². The second kappa shape index (κ2) is 7.40. The Morgan fingerprint density at radius 1 is 1.30 bits per heavy atom. The SMILES string of the molecule is COCC(=O)N1CCCc2ccc(NC=C3C(=O)OC(C)(C)OC3=O)cc21. The number of hydrogen-bond donors (Lipinski definition) is 1. The van der Waals surface area contributed by atoms with Crippen LogP contribution in [0.2, 0.25) is 0 Å². The molecule has 2 aliphatic heterocycles. The number of nitrogens with one attached hydrogen (secondary N) is 1. The summed E-state index contributed by atoms with van der Waals surface area (Å²) in [6.45, 7) is 3.60. The summed E-state index contributed by atoms with van der Waals surface area (Å²) in [5.41, 5.74) is 2.26. The van der Waals surface area contributed by atoms with Gasteiger partial charge in [-0.3, -0.25) is 4.79 Å². The van der Waals surface area contributed by atoms with Crippen LogP contribution >= 0.6 is 0 Å². The van der Waals surface area contributed by atoms with Crippen LogP contribution in [-0.4, -0.2) is 43.9 Å². The average Bonchev–Trinajstić information content (AvgIpc) is 2.59. The predicted octanol–water partition coefficient (Wildman–Crippen LogP) is 1.74. The summed E-state index contributed by atoms with van der Waals surface area (Å²) in [5, 5.41) is 2.91. The van der Waals surface area contributed by atoms with Gasteiger partial charge in [0.15, 0.2) is 5.57 Å². The molecule has 0 aromatic heterocycles. The first-order valence-corrected chi connectivity index (χ1v) is 8.66. The van der Waals surface area contributed by atoms with E-state index in [9.17, 15) is 14.4 Å². The van der Waals surface area contributed by atoms with Gasteiger partial charge in [-0.2, -0.15) is 0 Å². The van der Waals surface area contributed by atoms with E-state index in [-0.39, 0.29) is 18.1 Å². The predicted molar refractivity (Wildman–Crippen MR) is 97.0 cm³/mol. The number of hydrogen-bond acceptors (Lipinski definition) is 7. The lowest BCUT2D eigenvalue weighted by molar-refractivity contribution is -0.222. The summed E-state index contributed by atoms with van der Waals surface area (Å²) in [6, 6.07) is 5.55. The molecule has 0 bridgehead atoms. The molecule has 1 fully saturated rings. The Hall–Kier alpha value is -2.87. The van der Waals surface area contributed by atoms with Crippen LogP contribution in [0.1, 0.15) is 25.8 Å². The maximum atomic E-state index is 12.3. The molecular weight excluding hydrogens is 352 g/mol. The van der Waals surface area contributed by atoms with E-state index in [2.05, 4.69) is 5.32 Å². The molecule has 1 saturated heterocycles. The van der Waals surface area contributed by atoms with Gasteiger partial charge in [-0.25, -0.2) is 9.59 Å². The number of nitrogens with zero attached hydrogens (tertiary/aromatic N) is 1. The largest absolute Gasteiger partial charge is 0.419 e. The number of esters is 2. The summed E-state index contributed by atoms with van der Waals surface area (Å²) in [7, 11) is 1.48. The van der Waals surface area contributed by atoms with Gasteiger partial charge in [-0.05, 0) is 30.5 Å². The number of fused-ring (bicyclic) bond motifs is 1. The first kappa shape index (κ1) is 18.9. The van der Waals surface area contributed by atoms with Gasteiger partial charge in [0.05, 0.1) is 0 Å². The van der Waals surface area contributed by atoms with Crippen LogP contribution in [0, 0.1) is 0 Å². The zero-order valence-electron chi connectivity index (χ0n) is 15.5. The topological polar surface area (TPSA) is 94.2 Å². The minimum atomic E-state index is -1.28. The Balaban J connectivity index is 1.81.